The highest BCUT2D eigenvalue weighted by atomic mass is 32.2. The van der Waals surface area contributed by atoms with Gasteiger partial charge in [-0.2, -0.15) is 13.2 Å². The molecule has 11 heteroatoms. The summed E-state index contributed by atoms with van der Waals surface area (Å²) in [6, 6.07) is 8.91. The monoisotopic (exact) mass is 498 g/mol. The average molecular weight is 499 g/mol. The molecule has 1 atom stereocenters. The molecule has 0 aliphatic carbocycles. The van der Waals surface area contributed by atoms with E-state index in [1.54, 1.807) is 6.07 Å². The summed E-state index contributed by atoms with van der Waals surface area (Å²) in [4.78, 5) is 17.0. The number of hydrogen-bond acceptors (Lipinski definition) is 6. The Balaban J connectivity index is 1.72. The quantitative estimate of drug-likeness (QED) is 0.629. The zero-order chi connectivity index (χ0) is 24.7. The summed E-state index contributed by atoms with van der Waals surface area (Å²) in [5.41, 5.74) is 2.36. The Morgan fingerprint density at radius 1 is 1.09 bits per heavy atom. The fraction of sp³-hybridized carbons (Fsp3) is 0.435. The van der Waals surface area contributed by atoms with Crippen molar-refractivity contribution in [1.29, 1.82) is 0 Å². The molecule has 4 rings (SSSR count). The molecule has 0 bridgehead atoms. The van der Waals surface area contributed by atoms with Gasteiger partial charge < -0.3 is 19.3 Å². The standard InChI is InChI=1S/C23H25F3N2O5S/c1-15(23(24,25)26)33-21-7-6-16(34(2,30)31)14-18(21)22(29)28-9-8-17-19(4-3-5-20(17)28)27-10-12-32-13-11-27/h3-7,14-15H,8-13H2,1-2H3/t15-/m0/s1. The summed E-state index contributed by atoms with van der Waals surface area (Å²) in [7, 11) is -3.70. The fourth-order valence-corrected chi connectivity index (χ4v) is 4.79. The van der Waals surface area contributed by atoms with Gasteiger partial charge in [-0.25, -0.2) is 8.42 Å². The van der Waals surface area contributed by atoms with Gasteiger partial charge in [-0.1, -0.05) is 6.07 Å². The van der Waals surface area contributed by atoms with E-state index in [4.69, 9.17) is 9.47 Å². The number of fused-ring (bicyclic) bond motifs is 1. The van der Waals surface area contributed by atoms with Gasteiger partial charge in [0.05, 0.1) is 23.7 Å². The number of sulfone groups is 1. The molecule has 2 heterocycles. The van der Waals surface area contributed by atoms with Crippen molar-refractivity contribution < 1.29 is 35.9 Å². The molecule has 1 amide bonds. The van der Waals surface area contributed by atoms with Crippen LogP contribution in [-0.4, -0.2) is 65.7 Å². The Hall–Kier alpha value is -2.79. The van der Waals surface area contributed by atoms with E-state index in [1.807, 2.05) is 12.1 Å². The second-order valence-corrected chi connectivity index (χ2v) is 10.3. The van der Waals surface area contributed by atoms with E-state index in [0.29, 0.717) is 45.0 Å². The topological polar surface area (TPSA) is 76.2 Å². The minimum Gasteiger partial charge on any atom is -0.480 e. The number of carbonyl (C=O) groups excluding carboxylic acids is 1. The van der Waals surface area contributed by atoms with Crippen LogP contribution in [-0.2, 0) is 21.0 Å². The molecule has 1 saturated heterocycles. The third-order valence-electron chi connectivity index (χ3n) is 5.97. The van der Waals surface area contributed by atoms with E-state index < -0.39 is 28.0 Å². The van der Waals surface area contributed by atoms with Crippen LogP contribution in [0, 0.1) is 0 Å². The van der Waals surface area contributed by atoms with Crippen molar-refractivity contribution in [3.63, 3.8) is 0 Å². The van der Waals surface area contributed by atoms with Crippen LogP contribution in [0.15, 0.2) is 41.3 Å². The highest BCUT2D eigenvalue weighted by molar-refractivity contribution is 7.90. The molecule has 7 nitrogen and oxygen atoms in total. The van der Waals surface area contributed by atoms with Crippen molar-refractivity contribution in [2.24, 2.45) is 0 Å². The van der Waals surface area contributed by atoms with Gasteiger partial charge >= 0.3 is 6.18 Å². The number of benzene rings is 2. The summed E-state index contributed by atoms with van der Waals surface area (Å²) in [5.74, 6) is -0.937. The number of rotatable bonds is 5. The predicted molar refractivity (Wildman–Crippen MR) is 121 cm³/mol. The lowest BCUT2D eigenvalue weighted by atomic mass is 10.1. The number of ether oxygens (including phenoxy) is 2. The van der Waals surface area contributed by atoms with Gasteiger partial charge in [0.1, 0.15) is 5.75 Å². The Morgan fingerprint density at radius 2 is 1.76 bits per heavy atom. The number of nitrogens with zero attached hydrogens (tertiary/aromatic N) is 2. The van der Waals surface area contributed by atoms with Gasteiger partial charge in [0, 0.05) is 42.8 Å². The molecule has 2 aromatic carbocycles. The lowest BCUT2D eigenvalue weighted by Crippen LogP contribution is -2.36. The van der Waals surface area contributed by atoms with E-state index >= 15 is 0 Å². The number of alkyl halides is 3. The molecular weight excluding hydrogens is 473 g/mol. The number of amides is 1. The van der Waals surface area contributed by atoms with Gasteiger partial charge in [0.25, 0.3) is 5.91 Å². The summed E-state index contributed by atoms with van der Waals surface area (Å²) in [6.45, 7) is 3.78. The second kappa shape index (κ2) is 9.10. The smallest absolute Gasteiger partial charge is 0.425 e. The molecular formula is C23H25F3N2O5S. The Bertz CT molecular complexity index is 1190. The largest absolute Gasteiger partial charge is 0.480 e. The van der Waals surface area contributed by atoms with Crippen molar-refractivity contribution in [1.82, 2.24) is 0 Å². The maximum Gasteiger partial charge on any atom is 0.425 e. The summed E-state index contributed by atoms with van der Waals surface area (Å²) in [5, 5.41) is 0. The van der Waals surface area contributed by atoms with Crippen LogP contribution in [0.1, 0.15) is 22.8 Å². The van der Waals surface area contributed by atoms with Crippen molar-refractivity contribution >= 4 is 27.1 Å². The van der Waals surface area contributed by atoms with E-state index in [0.717, 1.165) is 42.6 Å². The fourth-order valence-electron chi connectivity index (χ4n) is 4.14. The molecule has 184 valence electrons. The molecule has 1 fully saturated rings. The molecule has 2 aliphatic heterocycles. The highest BCUT2D eigenvalue weighted by Crippen LogP contribution is 2.38. The lowest BCUT2D eigenvalue weighted by Gasteiger charge is -2.30. The van der Waals surface area contributed by atoms with Crippen molar-refractivity contribution in [3.05, 3.63) is 47.5 Å². The molecule has 2 aliphatic rings. The first-order chi connectivity index (χ1) is 16.0. The van der Waals surface area contributed by atoms with Crippen LogP contribution in [0.4, 0.5) is 24.5 Å². The van der Waals surface area contributed by atoms with Crippen LogP contribution in [0.2, 0.25) is 0 Å². The minimum absolute atomic E-state index is 0.177. The van der Waals surface area contributed by atoms with Crippen LogP contribution in [0.3, 0.4) is 0 Å². The predicted octanol–water partition coefficient (Wildman–Crippen LogP) is 3.46. The van der Waals surface area contributed by atoms with Gasteiger partial charge in [0.15, 0.2) is 15.9 Å². The van der Waals surface area contributed by atoms with Crippen LogP contribution < -0.4 is 14.5 Å². The van der Waals surface area contributed by atoms with Gasteiger partial charge in [-0.15, -0.1) is 0 Å². The zero-order valence-corrected chi connectivity index (χ0v) is 19.6. The first kappa shape index (κ1) is 24.3. The SMILES string of the molecule is C[C@H](Oc1ccc(S(C)(=O)=O)cc1C(=O)N1CCc2c(N3CCOCC3)cccc21)C(F)(F)F. The zero-order valence-electron chi connectivity index (χ0n) is 18.8. The summed E-state index contributed by atoms with van der Waals surface area (Å²) >= 11 is 0. The summed E-state index contributed by atoms with van der Waals surface area (Å²) in [6.07, 6.45) is -5.30. The number of carbonyl (C=O) groups is 1. The summed E-state index contributed by atoms with van der Waals surface area (Å²) < 4.78 is 74.0. The van der Waals surface area contributed by atoms with E-state index in [1.165, 1.54) is 4.90 Å². The number of halogens is 3. The Labute approximate surface area is 196 Å². The molecule has 0 radical (unpaired) electrons. The van der Waals surface area contributed by atoms with Gasteiger partial charge in [-0.3, -0.25) is 4.79 Å². The lowest BCUT2D eigenvalue weighted by molar-refractivity contribution is -0.189. The third-order valence-corrected chi connectivity index (χ3v) is 7.08. The van der Waals surface area contributed by atoms with Crippen molar-refractivity contribution in [2.45, 2.75) is 30.5 Å². The van der Waals surface area contributed by atoms with E-state index in [2.05, 4.69) is 4.90 Å². The number of hydrogen-bond donors (Lipinski definition) is 0. The van der Waals surface area contributed by atoms with Crippen molar-refractivity contribution in [3.8, 4) is 5.75 Å². The molecule has 2 aromatic rings. The molecule has 0 aromatic heterocycles. The Kier molecular flexibility index (Phi) is 6.52. The first-order valence-corrected chi connectivity index (χ1v) is 12.7. The molecule has 34 heavy (non-hydrogen) atoms. The number of anilines is 2. The maximum atomic E-state index is 13.6. The van der Waals surface area contributed by atoms with E-state index in [9.17, 15) is 26.4 Å². The Morgan fingerprint density at radius 3 is 2.41 bits per heavy atom. The van der Waals surface area contributed by atoms with Crippen molar-refractivity contribution in [2.75, 3.05) is 48.9 Å². The van der Waals surface area contributed by atoms with Crippen LogP contribution in [0.5, 0.6) is 5.75 Å². The van der Waals surface area contributed by atoms with Gasteiger partial charge in [0.2, 0.25) is 0 Å². The molecule has 0 unspecified atom stereocenters. The number of morpholine rings is 1. The molecule has 0 saturated carbocycles. The first-order valence-electron chi connectivity index (χ1n) is 10.8. The third kappa shape index (κ3) is 4.85. The van der Waals surface area contributed by atoms with Crippen LogP contribution in [0.25, 0.3) is 0 Å². The highest BCUT2D eigenvalue weighted by Gasteiger charge is 2.39. The van der Waals surface area contributed by atoms with Crippen LogP contribution >= 0.6 is 0 Å². The normalized spacial score (nSPS) is 17.4. The van der Waals surface area contributed by atoms with Gasteiger partial charge in [-0.05, 0) is 43.7 Å². The second-order valence-electron chi connectivity index (χ2n) is 8.31. The van der Waals surface area contributed by atoms with E-state index in [-0.39, 0.29) is 16.2 Å². The minimum atomic E-state index is -4.65. The maximum absolute atomic E-state index is 13.6. The average Bonchev–Trinajstić information content (AvgIpc) is 3.22. The molecule has 0 N–H and O–H groups in total. The molecule has 0 spiro atoms.